The molecule has 1 aliphatic heterocycles. The molecule has 1 aromatic carbocycles. The Balaban J connectivity index is 2.34. The summed E-state index contributed by atoms with van der Waals surface area (Å²) in [5, 5.41) is 8.68. The Morgan fingerprint density at radius 3 is 3.00 bits per heavy atom. The molecule has 0 spiro atoms. The first-order chi connectivity index (χ1) is 9.55. The van der Waals surface area contributed by atoms with Crippen LogP contribution in [-0.2, 0) is 14.8 Å². The molecule has 1 heterocycles. The summed E-state index contributed by atoms with van der Waals surface area (Å²) in [4.78, 5) is 0.219. The lowest BCUT2D eigenvalue weighted by molar-refractivity contribution is 0.0393. The Morgan fingerprint density at radius 1 is 1.50 bits per heavy atom. The summed E-state index contributed by atoms with van der Waals surface area (Å²) < 4.78 is 31.9. The molecule has 20 heavy (non-hydrogen) atoms. The van der Waals surface area contributed by atoms with E-state index in [4.69, 9.17) is 9.84 Å². The van der Waals surface area contributed by atoms with Crippen molar-refractivity contribution in [1.29, 1.82) is 0 Å². The minimum atomic E-state index is -3.54. The highest BCUT2D eigenvalue weighted by Gasteiger charge is 2.31. The van der Waals surface area contributed by atoms with Crippen molar-refractivity contribution in [3.8, 4) is 11.8 Å². The van der Waals surface area contributed by atoms with E-state index < -0.39 is 10.0 Å². The molecule has 2 rings (SSSR count). The molecular formula is C14H17NO4S. The van der Waals surface area contributed by atoms with Gasteiger partial charge in [0.2, 0.25) is 10.0 Å². The van der Waals surface area contributed by atoms with Crippen LogP contribution < -0.4 is 0 Å². The van der Waals surface area contributed by atoms with Gasteiger partial charge >= 0.3 is 0 Å². The molecule has 108 valence electrons. The summed E-state index contributed by atoms with van der Waals surface area (Å²) in [6.07, 6.45) is 0. The second-order valence-electron chi connectivity index (χ2n) is 4.53. The van der Waals surface area contributed by atoms with Crippen molar-refractivity contribution in [3.05, 3.63) is 29.8 Å². The minimum absolute atomic E-state index is 0.180. The van der Waals surface area contributed by atoms with Crippen molar-refractivity contribution in [1.82, 2.24) is 4.31 Å². The molecule has 0 saturated carbocycles. The smallest absolute Gasteiger partial charge is 0.243 e. The Hall–Kier alpha value is -1.39. The molecule has 0 bridgehead atoms. The Bertz CT molecular complexity index is 630. The van der Waals surface area contributed by atoms with Crippen LogP contribution in [0, 0.1) is 11.8 Å². The maximum atomic E-state index is 12.6. The van der Waals surface area contributed by atoms with Gasteiger partial charge in [-0.2, -0.15) is 4.31 Å². The summed E-state index contributed by atoms with van der Waals surface area (Å²) in [7, 11) is -3.54. The zero-order valence-electron chi connectivity index (χ0n) is 11.2. The molecule has 5 nitrogen and oxygen atoms in total. The average molecular weight is 295 g/mol. The van der Waals surface area contributed by atoms with Crippen LogP contribution in [0.25, 0.3) is 0 Å². The van der Waals surface area contributed by atoms with E-state index >= 15 is 0 Å². The zero-order valence-corrected chi connectivity index (χ0v) is 12.1. The van der Waals surface area contributed by atoms with Gasteiger partial charge in [0.25, 0.3) is 0 Å². The van der Waals surface area contributed by atoms with Gasteiger partial charge in [-0.05, 0) is 25.1 Å². The molecule has 1 aliphatic rings. The van der Waals surface area contributed by atoms with E-state index in [0.29, 0.717) is 25.3 Å². The highest BCUT2D eigenvalue weighted by Crippen LogP contribution is 2.21. The monoisotopic (exact) mass is 295 g/mol. The maximum Gasteiger partial charge on any atom is 0.243 e. The number of benzene rings is 1. The van der Waals surface area contributed by atoms with Gasteiger partial charge in [-0.3, -0.25) is 0 Å². The molecule has 1 aromatic rings. The van der Waals surface area contributed by atoms with Crippen molar-refractivity contribution < 1.29 is 18.3 Å². The molecule has 1 fully saturated rings. The Morgan fingerprint density at radius 2 is 2.30 bits per heavy atom. The highest BCUT2D eigenvalue weighted by atomic mass is 32.2. The summed E-state index contributed by atoms with van der Waals surface area (Å²) in [5.74, 6) is 5.22. The number of ether oxygens (including phenoxy) is 1. The Labute approximate surface area is 119 Å². The van der Waals surface area contributed by atoms with E-state index in [1.54, 1.807) is 18.2 Å². The fraction of sp³-hybridized carbons (Fsp3) is 0.429. The predicted molar refractivity (Wildman–Crippen MR) is 74.6 cm³/mol. The van der Waals surface area contributed by atoms with E-state index in [2.05, 4.69) is 11.8 Å². The van der Waals surface area contributed by atoms with E-state index in [9.17, 15) is 8.42 Å². The molecule has 6 heteroatoms. The number of hydrogen-bond acceptors (Lipinski definition) is 4. The SMILES string of the molecule is CC1COCCN1S(=O)(=O)c1cccc(C#CCO)c1. The van der Waals surface area contributed by atoms with Crippen molar-refractivity contribution in [2.45, 2.75) is 17.9 Å². The van der Waals surface area contributed by atoms with Crippen LogP contribution in [0.1, 0.15) is 12.5 Å². The number of hydrogen-bond donors (Lipinski definition) is 1. The number of rotatable bonds is 2. The molecule has 0 aromatic heterocycles. The first-order valence-electron chi connectivity index (χ1n) is 6.35. The van der Waals surface area contributed by atoms with Crippen LogP contribution in [0.2, 0.25) is 0 Å². The number of sulfonamides is 1. The standard InChI is InChI=1S/C14H17NO4S/c1-12-11-19-9-7-15(12)20(17,18)14-6-2-4-13(10-14)5-3-8-16/h2,4,6,10,12,16H,7-9,11H2,1H3. The molecule has 1 unspecified atom stereocenters. The van der Waals surface area contributed by atoms with Crippen LogP contribution in [0.4, 0.5) is 0 Å². The predicted octanol–water partition coefficient (Wildman–Crippen LogP) is 0.440. The van der Waals surface area contributed by atoms with Crippen LogP contribution in [0.5, 0.6) is 0 Å². The number of aliphatic hydroxyl groups excluding tert-OH is 1. The van der Waals surface area contributed by atoms with E-state index in [1.165, 1.54) is 10.4 Å². The topological polar surface area (TPSA) is 66.8 Å². The van der Waals surface area contributed by atoms with Crippen LogP contribution in [0.15, 0.2) is 29.2 Å². The molecule has 0 amide bonds. The molecule has 0 aliphatic carbocycles. The minimum Gasteiger partial charge on any atom is -0.384 e. The van der Waals surface area contributed by atoms with Crippen molar-refractivity contribution in [2.75, 3.05) is 26.4 Å². The normalized spacial score (nSPS) is 20.2. The van der Waals surface area contributed by atoms with Crippen LogP contribution in [0.3, 0.4) is 0 Å². The van der Waals surface area contributed by atoms with Crippen LogP contribution >= 0.6 is 0 Å². The summed E-state index contributed by atoms with van der Waals surface area (Å²) in [6.45, 7) is 2.75. The van der Waals surface area contributed by atoms with Gasteiger partial charge in [0, 0.05) is 18.2 Å². The van der Waals surface area contributed by atoms with Gasteiger partial charge in [0.15, 0.2) is 0 Å². The summed E-state index contributed by atoms with van der Waals surface area (Å²) in [6, 6.07) is 6.27. The molecular weight excluding hydrogens is 278 g/mol. The second-order valence-corrected chi connectivity index (χ2v) is 6.42. The van der Waals surface area contributed by atoms with Gasteiger partial charge in [-0.1, -0.05) is 17.9 Å². The third-order valence-electron chi connectivity index (χ3n) is 3.06. The number of morpholine rings is 1. The Kier molecular flexibility index (Phi) is 4.78. The van der Waals surface area contributed by atoms with Gasteiger partial charge < -0.3 is 9.84 Å². The second kappa shape index (κ2) is 6.37. The van der Waals surface area contributed by atoms with Crippen LogP contribution in [-0.4, -0.2) is 50.2 Å². The lowest BCUT2D eigenvalue weighted by atomic mass is 10.2. The van der Waals surface area contributed by atoms with Gasteiger partial charge in [-0.15, -0.1) is 0 Å². The fourth-order valence-electron chi connectivity index (χ4n) is 2.08. The van der Waals surface area contributed by atoms with Gasteiger partial charge in [0.05, 0.1) is 18.1 Å². The molecule has 0 radical (unpaired) electrons. The molecule has 1 saturated heterocycles. The summed E-state index contributed by atoms with van der Waals surface area (Å²) in [5.41, 5.74) is 0.570. The number of nitrogens with zero attached hydrogens (tertiary/aromatic N) is 1. The van der Waals surface area contributed by atoms with E-state index in [0.717, 1.165) is 0 Å². The maximum absolute atomic E-state index is 12.6. The van der Waals surface area contributed by atoms with Crippen molar-refractivity contribution in [3.63, 3.8) is 0 Å². The number of aliphatic hydroxyl groups is 1. The largest absolute Gasteiger partial charge is 0.384 e. The highest BCUT2D eigenvalue weighted by molar-refractivity contribution is 7.89. The molecule has 1 N–H and O–H groups in total. The van der Waals surface area contributed by atoms with Crippen molar-refractivity contribution in [2.24, 2.45) is 0 Å². The lowest BCUT2D eigenvalue weighted by Crippen LogP contribution is -2.46. The zero-order chi connectivity index (χ0) is 14.6. The summed E-state index contributed by atoms with van der Waals surface area (Å²) >= 11 is 0. The van der Waals surface area contributed by atoms with E-state index in [-0.39, 0.29) is 17.5 Å². The van der Waals surface area contributed by atoms with Crippen molar-refractivity contribution >= 4 is 10.0 Å². The average Bonchev–Trinajstić information content (AvgIpc) is 2.45. The van der Waals surface area contributed by atoms with E-state index in [1.807, 2.05) is 6.92 Å². The van der Waals surface area contributed by atoms with Gasteiger partial charge in [0.1, 0.15) is 6.61 Å². The third-order valence-corrected chi connectivity index (χ3v) is 5.07. The first-order valence-corrected chi connectivity index (χ1v) is 7.79. The lowest BCUT2D eigenvalue weighted by Gasteiger charge is -2.32. The molecule has 1 atom stereocenters. The first kappa shape index (κ1) is 15.0. The third kappa shape index (κ3) is 3.19. The van der Waals surface area contributed by atoms with Gasteiger partial charge in [-0.25, -0.2) is 8.42 Å². The fourth-order valence-corrected chi connectivity index (χ4v) is 3.73. The quantitative estimate of drug-likeness (QED) is 0.804.